The highest BCUT2D eigenvalue weighted by Crippen LogP contribution is 2.21. The summed E-state index contributed by atoms with van der Waals surface area (Å²) in [6.07, 6.45) is 0. The Balaban J connectivity index is 2.58. The summed E-state index contributed by atoms with van der Waals surface area (Å²) in [7, 11) is 2.01. The van der Waals surface area contributed by atoms with E-state index >= 15 is 0 Å². The second-order valence-electron chi connectivity index (χ2n) is 4.28. The highest BCUT2D eigenvalue weighted by Gasteiger charge is 2.08. The van der Waals surface area contributed by atoms with Gasteiger partial charge in [0.25, 0.3) is 0 Å². The van der Waals surface area contributed by atoms with E-state index in [9.17, 15) is 4.39 Å². The molecule has 1 aromatic carbocycles. The molecule has 2 nitrogen and oxygen atoms in total. The third-order valence-corrected chi connectivity index (χ3v) is 3.04. The average molecular weight is 259 g/mol. The molecule has 0 radical (unpaired) electrons. The van der Waals surface area contributed by atoms with E-state index < -0.39 is 0 Å². The summed E-state index contributed by atoms with van der Waals surface area (Å²) in [6, 6.07) is 3.21. The first kappa shape index (κ1) is 14.4. The van der Waals surface area contributed by atoms with Gasteiger partial charge in [0.2, 0.25) is 0 Å². The summed E-state index contributed by atoms with van der Waals surface area (Å²) in [4.78, 5) is 2.12. The van der Waals surface area contributed by atoms with Gasteiger partial charge in [0.1, 0.15) is 5.82 Å². The van der Waals surface area contributed by atoms with Crippen LogP contribution in [0.2, 0.25) is 5.02 Å². The average Bonchev–Trinajstić information content (AvgIpc) is 2.26. The molecule has 0 saturated carbocycles. The predicted molar refractivity (Wildman–Crippen MR) is 71.0 cm³/mol. The Bertz CT molecular complexity index is 369. The van der Waals surface area contributed by atoms with Crippen LogP contribution in [-0.2, 0) is 6.54 Å². The fourth-order valence-electron chi connectivity index (χ4n) is 1.63. The van der Waals surface area contributed by atoms with Crippen molar-refractivity contribution in [3.05, 3.63) is 34.1 Å². The molecule has 0 amide bonds. The Hall–Kier alpha value is -0.640. The van der Waals surface area contributed by atoms with Crippen LogP contribution in [0.5, 0.6) is 0 Å². The van der Waals surface area contributed by atoms with Crippen molar-refractivity contribution in [3.63, 3.8) is 0 Å². The fraction of sp³-hybridized carbons (Fsp3) is 0.538. The number of benzene rings is 1. The minimum absolute atomic E-state index is 0.190. The van der Waals surface area contributed by atoms with E-state index in [-0.39, 0.29) is 5.82 Å². The van der Waals surface area contributed by atoms with Gasteiger partial charge in [-0.15, -0.1) is 0 Å². The molecule has 1 N–H and O–H groups in total. The van der Waals surface area contributed by atoms with Crippen molar-refractivity contribution in [3.8, 4) is 0 Å². The van der Waals surface area contributed by atoms with E-state index in [0.717, 1.165) is 25.2 Å². The lowest BCUT2D eigenvalue weighted by Crippen LogP contribution is -2.28. The van der Waals surface area contributed by atoms with Gasteiger partial charge in [0.05, 0.1) is 0 Å². The molecule has 0 aliphatic rings. The van der Waals surface area contributed by atoms with Crippen LogP contribution in [0.15, 0.2) is 12.1 Å². The molecule has 0 aliphatic carbocycles. The van der Waals surface area contributed by atoms with Gasteiger partial charge in [-0.05, 0) is 43.8 Å². The van der Waals surface area contributed by atoms with E-state index in [1.54, 1.807) is 13.0 Å². The molecule has 4 heteroatoms. The molecule has 17 heavy (non-hydrogen) atoms. The quantitative estimate of drug-likeness (QED) is 0.790. The lowest BCUT2D eigenvalue weighted by molar-refractivity contribution is 0.325. The summed E-state index contributed by atoms with van der Waals surface area (Å²) >= 11 is 6.10. The molecule has 1 aromatic rings. The molecule has 1 rings (SSSR count). The maximum Gasteiger partial charge on any atom is 0.126 e. The second kappa shape index (κ2) is 6.94. The van der Waals surface area contributed by atoms with Crippen molar-refractivity contribution in [1.29, 1.82) is 0 Å². The molecular formula is C13H20ClFN2. The van der Waals surface area contributed by atoms with Crippen LogP contribution < -0.4 is 5.32 Å². The zero-order valence-corrected chi connectivity index (χ0v) is 11.4. The minimum Gasteiger partial charge on any atom is -0.316 e. The maximum atomic E-state index is 13.4. The third kappa shape index (κ3) is 4.62. The Morgan fingerprint density at radius 3 is 2.76 bits per heavy atom. The van der Waals surface area contributed by atoms with Crippen LogP contribution >= 0.6 is 11.6 Å². The monoisotopic (exact) mass is 258 g/mol. The van der Waals surface area contributed by atoms with Crippen LogP contribution in [0.1, 0.15) is 18.1 Å². The maximum absolute atomic E-state index is 13.4. The lowest BCUT2D eigenvalue weighted by Gasteiger charge is -2.18. The number of likely N-dealkylation sites (N-methyl/N-ethyl adjacent to an activating group) is 2. The lowest BCUT2D eigenvalue weighted by atomic mass is 10.1. The summed E-state index contributed by atoms with van der Waals surface area (Å²) in [6.45, 7) is 7.28. The number of hydrogen-bond acceptors (Lipinski definition) is 2. The number of hydrogen-bond donors (Lipinski definition) is 1. The van der Waals surface area contributed by atoms with E-state index in [1.807, 2.05) is 7.05 Å². The first-order valence-electron chi connectivity index (χ1n) is 5.88. The smallest absolute Gasteiger partial charge is 0.126 e. The van der Waals surface area contributed by atoms with Crippen molar-refractivity contribution in [2.45, 2.75) is 20.4 Å². The summed E-state index contributed by atoms with van der Waals surface area (Å²) < 4.78 is 13.4. The Labute approximate surface area is 108 Å². The van der Waals surface area contributed by atoms with Crippen molar-refractivity contribution >= 4 is 11.6 Å². The van der Waals surface area contributed by atoms with Gasteiger partial charge in [0.15, 0.2) is 0 Å². The number of aryl methyl sites for hydroxylation is 1. The van der Waals surface area contributed by atoms with E-state index in [0.29, 0.717) is 17.1 Å². The van der Waals surface area contributed by atoms with Gasteiger partial charge in [-0.25, -0.2) is 4.39 Å². The summed E-state index contributed by atoms with van der Waals surface area (Å²) in [5, 5.41) is 3.89. The molecule has 0 bridgehead atoms. The predicted octanol–water partition coefficient (Wildman–Crippen LogP) is 2.83. The third-order valence-electron chi connectivity index (χ3n) is 2.69. The molecule has 0 spiro atoms. The number of halogens is 2. The SMILES string of the molecule is CCNCCN(C)Cc1cc(F)c(C)cc1Cl. The molecule has 0 aromatic heterocycles. The van der Waals surface area contributed by atoms with Crippen molar-refractivity contribution < 1.29 is 4.39 Å². The minimum atomic E-state index is -0.190. The van der Waals surface area contributed by atoms with Crippen molar-refractivity contribution in [2.75, 3.05) is 26.7 Å². The second-order valence-corrected chi connectivity index (χ2v) is 4.69. The molecule has 0 fully saturated rings. The molecule has 0 aliphatic heterocycles. The first-order valence-corrected chi connectivity index (χ1v) is 6.26. The highest BCUT2D eigenvalue weighted by atomic mass is 35.5. The Kier molecular flexibility index (Phi) is 5.89. The van der Waals surface area contributed by atoms with Gasteiger partial charge in [-0.3, -0.25) is 0 Å². The van der Waals surface area contributed by atoms with E-state index in [1.165, 1.54) is 6.07 Å². The molecule has 0 heterocycles. The van der Waals surface area contributed by atoms with Gasteiger partial charge in [-0.1, -0.05) is 18.5 Å². The van der Waals surface area contributed by atoms with Gasteiger partial charge >= 0.3 is 0 Å². The summed E-state index contributed by atoms with van der Waals surface area (Å²) in [5.74, 6) is -0.190. The number of nitrogens with zero attached hydrogens (tertiary/aromatic N) is 1. The Morgan fingerprint density at radius 1 is 1.41 bits per heavy atom. The zero-order chi connectivity index (χ0) is 12.8. The molecule has 0 saturated heterocycles. The molecule has 0 atom stereocenters. The van der Waals surface area contributed by atoms with Crippen LogP contribution in [0.3, 0.4) is 0 Å². The van der Waals surface area contributed by atoms with Crippen molar-refractivity contribution in [1.82, 2.24) is 10.2 Å². The number of nitrogens with one attached hydrogen (secondary N) is 1. The Morgan fingerprint density at radius 2 is 2.12 bits per heavy atom. The number of rotatable bonds is 6. The highest BCUT2D eigenvalue weighted by molar-refractivity contribution is 6.31. The van der Waals surface area contributed by atoms with Gasteiger partial charge < -0.3 is 10.2 Å². The van der Waals surface area contributed by atoms with Crippen LogP contribution in [0, 0.1) is 12.7 Å². The normalized spacial score (nSPS) is 11.2. The topological polar surface area (TPSA) is 15.3 Å². The van der Waals surface area contributed by atoms with Gasteiger partial charge in [-0.2, -0.15) is 0 Å². The standard InChI is InChI=1S/C13H20ClFN2/c1-4-16-5-6-17(3)9-11-8-13(15)10(2)7-12(11)14/h7-8,16H,4-6,9H2,1-3H3. The van der Waals surface area contributed by atoms with Crippen LogP contribution in [0.25, 0.3) is 0 Å². The van der Waals surface area contributed by atoms with E-state index in [4.69, 9.17) is 11.6 Å². The molecular weight excluding hydrogens is 239 g/mol. The van der Waals surface area contributed by atoms with Crippen LogP contribution in [-0.4, -0.2) is 31.6 Å². The molecule has 96 valence electrons. The molecule has 0 unspecified atom stereocenters. The summed E-state index contributed by atoms with van der Waals surface area (Å²) in [5.41, 5.74) is 1.43. The van der Waals surface area contributed by atoms with Crippen molar-refractivity contribution in [2.24, 2.45) is 0 Å². The first-order chi connectivity index (χ1) is 8.04. The fourth-order valence-corrected chi connectivity index (χ4v) is 1.90. The largest absolute Gasteiger partial charge is 0.316 e. The van der Waals surface area contributed by atoms with E-state index in [2.05, 4.69) is 17.1 Å². The van der Waals surface area contributed by atoms with Crippen LogP contribution in [0.4, 0.5) is 4.39 Å². The van der Waals surface area contributed by atoms with Gasteiger partial charge in [0, 0.05) is 24.7 Å². The zero-order valence-electron chi connectivity index (χ0n) is 10.7.